The van der Waals surface area contributed by atoms with Crippen molar-refractivity contribution in [3.8, 4) is 0 Å². The first-order valence-corrected chi connectivity index (χ1v) is 41.2. The number of carbonyl (C=O) groups excluding carboxylic acids is 4. The number of fused-ring (bicyclic) bond motifs is 20. The van der Waals surface area contributed by atoms with E-state index in [1.807, 2.05) is 13.8 Å². The standard InChI is InChI=1S/2C23H36O2.C23H34O2.C22H32O2.2Ac/c1-14-12-17-18(21(3)9-6-16(25)13-20(14)21)7-11-23(5)19(17)8-10-22(23,4)15(2)24;2*1-13-10-17-18(22(4)8-6-16(25)12-19(13)22)7-9-23(5)20(17)11-14(2)21(23)15(3)24;1-13-11-16-18-6-5-17(14(2)23)21(18,3)10-8-19(16)22(4)9-7-15(24)12-20(13)22;;/h16-19,25H,6-13H2,1-5H3;14,16-18,20-21,25H,6-12H2,1-5H3;16-18,20,25H,6-12H2,1-5H3;5,15-16,18-19,24H,6-12H2,1-4H3;;/t16?,17?,18?,19?,21-,22-,23+;14-,16-,17?,18?,20?,21+,22+,23-;16-,17?,18?,20?,22+,23-;15?,16?,18?,19?,21-,22-;;/m1001../s1. The summed E-state index contributed by atoms with van der Waals surface area (Å²) in [4.78, 5) is 49.5. The molecule has 16 aliphatic rings. The van der Waals surface area contributed by atoms with Crippen LogP contribution >= 0.6 is 0 Å². The van der Waals surface area contributed by atoms with Crippen molar-refractivity contribution in [1.82, 2.24) is 0 Å². The van der Waals surface area contributed by atoms with Crippen molar-refractivity contribution < 1.29 is 128 Å². The van der Waals surface area contributed by atoms with E-state index in [0.29, 0.717) is 69.6 Å². The second kappa shape index (κ2) is 29.2. The van der Waals surface area contributed by atoms with Gasteiger partial charge in [0, 0.05) is 99.5 Å². The first kappa shape index (κ1) is 81.8. The Morgan fingerprint density at radius 1 is 0.376 bits per heavy atom. The largest absolute Gasteiger partial charge is 0.393 e. The number of aliphatic hydroxyl groups excluding tert-OH is 4. The van der Waals surface area contributed by atoms with Crippen molar-refractivity contribution in [2.75, 3.05) is 0 Å². The fraction of sp³-hybridized carbons (Fsp3) is 0.824. The zero-order valence-electron chi connectivity index (χ0n) is 67.1. The van der Waals surface area contributed by atoms with E-state index < -0.39 is 0 Å². The van der Waals surface area contributed by atoms with Crippen LogP contribution in [0.5, 0.6) is 0 Å². The van der Waals surface area contributed by atoms with Crippen LogP contribution in [0.4, 0.5) is 0 Å². The van der Waals surface area contributed by atoms with Gasteiger partial charge in [-0.2, -0.15) is 0 Å². The van der Waals surface area contributed by atoms with E-state index in [4.69, 9.17) is 0 Å². The molecule has 0 saturated heterocycles. The molecule has 556 valence electrons. The fourth-order valence-corrected chi connectivity index (χ4v) is 31.2. The van der Waals surface area contributed by atoms with Crippen LogP contribution in [0, 0.1) is 220 Å². The number of hydrogen-bond acceptors (Lipinski definition) is 8. The van der Waals surface area contributed by atoms with Crippen molar-refractivity contribution in [1.29, 1.82) is 0 Å². The Kier molecular flexibility index (Phi) is 23.6. The Morgan fingerprint density at radius 2 is 0.733 bits per heavy atom. The maximum Gasteiger partial charge on any atom is 0.156 e. The molecular weight excluding hydrogens is 1670 g/mol. The summed E-state index contributed by atoms with van der Waals surface area (Å²) in [5.41, 5.74) is 17.8. The Balaban J connectivity index is 0.000000135. The number of Topliss-reactive ketones (excluding diaryl/α,β-unsaturated/α-hetero) is 4. The first-order chi connectivity index (χ1) is 46.3. The molecule has 10 fully saturated rings. The smallest absolute Gasteiger partial charge is 0.156 e. The zero-order chi connectivity index (χ0) is 71.8. The molecule has 0 amide bonds. The van der Waals surface area contributed by atoms with E-state index in [1.54, 1.807) is 52.9 Å². The Labute approximate surface area is 684 Å². The van der Waals surface area contributed by atoms with Gasteiger partial charge >= 0.3 is 0 Å². The van der Waals surface area contributed by atoms with Gasteiger partial charge in [0.05, 0.1) is 24.4 Å². The van der Waals surface area contributed by atoms with E-state index in [2.05, 4.69) is 110 Å². The zero-order valence-corrected chi connectivity index (χ0v) is 76.5. The molecule has 0 spiro atoms. The minimum absolute atomic E-state index is 0. The maximum atomic E-state index is 12.5. The van der Waals surface area contributed by atoms with Gasteiger partial charge in [-0.3, -0.25) is 19.2 Å². The van der Waals surface area contributed by atoms with Crippen molar-refractivity contribution in [3.05, 3.63) is 67.4 Å². The second-order valence-corrected chi connectivity index (χ2v) is 40.6. The van der Waals surface area contributed by atoms with Crippen molar-refractivity contribution in [2.45, 2.75) is 342 Å². The van der Waals surface area contributed by atoms with Crippen LogP contribution in [-0.4, -0.2) is 68.0 Å². The average molecular weight is 1810 g/mol. The Morgan fingerprint density at radius 3 is 1.13 bits per heavy atom. The molecule has 10 saturated carbocycles. The Hall–Kier alpha value is -0.157. The van der Waals surface area contributed by atoms with Gasteiger partial charge in [0.1, 0.15) is 11.6 Å². The minimum Gasteiger partial charge on any atom is -0.393 e. The van der Waals surface area contributed by atoms with E-state index in [1.165, 1.54) is 88.2 Å². The molecule has 16 aliphatic carbocycles. The molecule has 0 aromatic heterocycles. The molecule has 8 nitrogen and oxygen atoms in total. The molecule has 0 aromatic rings. The maximum absolute atomic E-state index is 12.5. The molecular formula is C91H138Ac2O8. The van der Waals surface area contributed by atoms with Gasteiger partial charge in [0.2, 0.25) is 0 Å². The van der Waals surface area contributed by atoms with E-state index >= 15 is 0 Å². The third kappa shape index (κ3) is 12.9. The summed E-state index contributed by atoms with van der Waals surface area (Å²) in [5.74, 6) is 10.8. The van der Waals surface area contributed by atoms with Crippen molar-refractivity contribution >= 4 is 23.1 Å². The average Bonchev–Trinajstić information content (AvgIpc) is 1.67. The molecule has 2 radical (unpaired) electrons. The molecule has 27 atom stereocenters. The van der Waals surface area contributed by atoms with Gasteiger partial charge in [-0.15, -0.1) is 0 Å². The molecule has 0 aliphatic heterocycles. The monoisotopic (exact) mass is 1810 g/mol. The molecule has 0 heterocycles. The van der Waals surface area contributed by atoms with Crippen LogP contribution in [0.2, 0.25) is 0 Å². The molecule has 16 rings (SSSR count). The molecule has 14 unspecified atom stereocenters. The number of ketones is 4. The summed E-state index contributed by atoms with van der Waals surface area (Å²) in [6.45, 7) is 42.8. The molecule has 0 aromatic carbocycles. The van der Waals surface area contributed by atoms with Crippen LogP contribution in [0.1, 0.15) is 318 Å². The predicted molar refractivity (Wildman–Crippen MR) is 400 cm³/mol. The van der Waals surface area contributed by atoms with Gasteiger partial charge in [-0.1, -0.05) is 125 Å². The van der Waals surface area contributed by atoms with Crippen LogP contribution in [0.3, 0.4) is 0 Å². The molecule has 101 heavy (non-hydrogen) atoms. The van der Waals surface area contributed by atoms with Crippen LogP contribution < -0.4 is 0 Å². The number of allylic oxidation sites excluding steroid dienone is 8. The van der Waals surface area contributed by atoms with Gasteiger partial charge < -0.3 is 20.4 Å². The quantitative estimate of drug-likeness (QED) is 0.203. The number of carbonyl (C=O) groups is 4. The van der Waals surface area contributed by atoms with Crippen molar-refractivity contribution in [2.24, 2.45) is 132 Å². The predicted octanol–water partition coefficient (Wildman–Crippen LogP) is 20.5. The third-order valence-corrected chi connectivity index (χ3v) is 36.1. The SMILES string of the molecule is CC(=O)C1=C(C)CC2C3CC(C)=C4C[C@@H](O)CC[C@]4(C)C3CC[C@]12C.CC(=O)C1=CCC2C3CC(C)=C4CC(O)CC[C@]4(C)C3CC[C@]12C.CC(=O)[C@@]1(C)CCC2C3CC(C)=C4CC(O)CC[C@]4(C)C3CC[C@@]21C.CC(=O)[C@H]1[C@@H](C)CC2C3CC(C)=C4C[C@@H](O)CC[C@]4(C)C3CC[C@@]21C.[Ac].[Ac]. The van der Waals surface area contributed by atoms with E-state index in [0.717, 1.165) is 156 Å². The van der Waals surface area contributed by atoms with Crippen LogP contribution in [-0.2, 0) is 19.2 Å². The molecule has 10 heteroatoms. The van der Waals surface area contributed by atoms with Gasteiger partial charge in [-0.05, 0) is 380 Å². The van der Waals surface area contributed by atoms with Crippen LogP contribution in [0.25, 0.3) is 0 Å². The second-order valence-electron chi connectivity index (χ2n) is 40.6. The summed E-state index contributed by atoms with van der Waals surface area (Å²) in [6, 6.07) is 0. The molecule has 0 bridgehead atoms. The molecule has 4 N–H and O–H groups in total. The summed E-state index contributed by atoms with van der Waals surface area (Å²) in [5, 5.41) is 40.9. The van der Waals surface area contributed by atoms with Gasteiger partial charge in [0.25, 0.3) is 0 Å². The van der Waals surface area contributed by atoms with Crippen molar-refractivity contribution in [3.63, 3.8) is 0 Å². The van der Waals surface area contributed by atoms with E-state index in [-0.39, 0.29) is 162 Å². The third-order valence-electron chi connectivity index (χ3n) is 36.1. The number of rotatable bonds is 4. The summed E-state index contributed by atoms with van der Waals surface area (Å²) in [6.07, 6.45) is 34.0. The topological polar surface area (TPSA) is 149 Å². The van der Waals surface area contributed by atoms with E-state index in [9.17, 15) is 39.6 Å². The number of hydrogen-bond donors (Lipinski definition) is 4. The Bertz CT molecular complexity index is 3360. The normalized spacial score (nSPS) is 48.8. The summed E-state index contributed by atoms with van der Waals surface area (Å²) < 4.78 is 0. The van der Waals surface area contributed by atoms with Gasteiger partial charge in [-0.25, -0.2) is 0 Å². The first-order valence-electron chi connectivity index (χ1n) is 41.2. The van der Waals surface area contributed by atoms with Gasteiger partial charge in [0.15, 0.2) is 11.6 Å². The number of aliphatic hydroxyl groups is 4. The summed E-state index contributed by atoms with van der Waals surface area (Å²) in [7, 11) is 0. The summed E-state index contributed by atoms with van der Waals surface area (Å²) >= 11 is 0. The minimum atomic E-state index is -0.136. The van der Waals surface area contributed by atoms with Crippen LogP contribution in [0.15, 0.2) is 67.4 Å². The fourth-order valence-electron chi connectivity index (χ4n) is 31.2.